The van der Waals surface area contributed by atoms with Gasteiger partial charge in [-0.05, 0) is 102 Å². The van der Waals surface area contributed by atoms with Gasteiger partial charge in [-0.1, -0.05) is 146 Å². The monoisotopic (exact) mass is 686 g/mol. The summed E-state index contributed by atoms with van der Waals surface area (Å²) >= 11 is 0. The molecule has 0 fully saturated rings. The number of para-hydroxylation sites is 1. The summed E-state index contributed by atoms with van der Waals surface area (Å²) < 4.78 is 13.7. The lowest BCUT2D eigenvalue weighted by Crippen LogP contribution is -1.92. The third kappa shape index (κ3) is 4.22. The van der Waals surface area contributed by atoms with E-state index in [4.69, 9.17) is 8.83 Å². The third-order valence-corrected chi connectivity index (χ3v) is 11.4. The number of fused-ring (bicyclic) bond motifs is 10. The molecule has 2 heterocycles. The molecular formula is C52H30O2. The van der Waals surface area contributed by atoms with Crippen LogP contribution in [-0.2, 0) is 0 Å². The van der Waals surface area contributed by atoms with E-state index in [1.165, 1.54) is 60.0 Å². The fourth-order valence-corrected chi connectivity index (χ4v) is 8.96. The van der Waals surface area contributed by atoms with E-state index in [0.717, 1.165) is 60.4 Å². The fraction of sp³-hybridized carbons (Fsp3) is 0. The molecule has 0 aliphatic rings. The van der Waals surface area contributed by atoms with Crippen LogP contribution in [0.25, 0.3) is 120 Å². The molecule has 0 amide bonds. The Morgan fingerprint density at radius 1 is 0.259 bits per heavy atom. The van der Waals surface area contributed by atoms with Crippen LogP contribution >= 0.6 is 0 Å². The van der Waals surface area contributed by atoms with Gasteiger partial charge in [0, 0.05) is 32.7 Å². The number of benzene rings is 10. The van der Waals surface area contributed by atoms with Crippen molar-refractivity contribution >= 4 is 87.0 Å². The quantitative estimate of drug-likeness (QED) is 0.173. The van der Waals surface area contributed by atoms with Crippen LogP contribution in [0.5, 0.6) is 0 Å². The summed E-state index contributed by atoms with van der Waals surface area (Å²) in [5.41, 5.74) is 10.6. The molecule has 2 heteroatoms. The molecule has 54 heavy (non-hydrogen) atoms. The SMILES string of the molecule is c1ccc(-c2ccc3cc(-c4c5ccccc5c(-c5c6oc7cc8ccccc8cc7c6cc6oc7ccccc7c56)c5ccccc45)ccc3c2)cc1. The summed E-state index contributed by atoms with van der Waals surface area (Å²) in [5, 5.41) is 13.8. The van der Waals surface area contributed by atoms with Crippen molar-refractivity contribution in [2.24, 2.45) is 0 Å². The fourth-order valence-electron chi connectivity index (χ4n) is 8.96. The average Bonchev–Trinajstić information content (AvgIpc) is 3.78. The Bertz CT molecular complexity index is 3430. The highest BCUT2D eigenvalue weighted by molar-refractivity contribution is 6.31. The van der Waals surface area contributed by atoms with Crippen molar-refractivity contribution in [2.75, 3.05) is 0 Å². The van der Waals surface area contributed by atoms with Gasteiger partial charge in [0.15, 0.2) is 0 Å². The van der Waals surface area contributed by atoms with Crippen molar-refractivity contribution in [1.82, 2.24) is 0 Å². The minimum absolute atomic E-state index is 0.858. The van der Waals surface area contributed by atoms with E-state index >= 15 is 0 Å². The van der Waals surface area contributed by atoms with E-state index < -0.39 is 0 Å². The van der Waals surface area contributed by atoms with Gasteiger partial charge >= 0.3 is 0 Å². The van der Waals surface area contributed by atoms with Gasteiger partial charge in [-0.2, -0.15) is 0 Å². The molecule has 0 aliphatic heterocycles. The highest BCUT2D eigenvalue weighted by atomic mass is 16.3. The van der Waals surface area contributed by atoms with Crippen molar-refractivity contribution in [3.63, 3.8) is 0 Å². The van der Waals surface area contributed by atoms with Gasteiger partial charge in [-0.25, -0.2) is 0 Å². The van der Waals surface area contributed by atoms with Crippen LogP contribution in [0.15, 0.2) is 191 Å². The molecule has 0 saturated heterocycles. The molecule has 2 aromatic heterocycles. The van der Waals surface area contributed by atoms with Crippen LogP contribution < -0.4 is 0 Å². The summed E-state index contributed by atoms with van der Waals surface area (Å²) in [6, 6.07) is 65.5. The molecule has 250 valence electrons. The number of hydrogen-bond acceptors (Lipinski definition) is 2. The Labute approximate surface area is 310 Å². The van der Waals surface area contributed by atoms with Crippen molar-refractivity contribution in [3.05, 3.63) is 182 Å². The predicted molar refractivity (Wildman–Crippen MR) is 227 cm³/mol. The first kappa shape index (κ1) is 29.4. The Morgan fingerprint density at radius 3 is 1.54 bits per heavy atom. The number of furan rings is 2. The molecule has 0 unspecified atom stereocenters. The lowest BCUT2D eigenvalue weighted by molar-refractivity contribution is 0.665. The van der Waals surface area contributed by atoms with Crippen molar-refractivity contribution in [1.29, 1.82) is 0 Å². The van der Waals surface area contributed by atoms with Crippen molar-refractivity contribution in [2.45, 2.75) is 0 Å². The maximum Gasteiger partial charge on any atom is 0.144 e. The molecule has 0 radical (unpaired) electrons. The van der Waals surface area contributed by atoms with E-state index in [1.54, 1.807) is 0 Å². The largest absolute Gasteiger partial charge is 0.456 e. The molecule has 0 N–H and O–H groups in total. The Morgan fingerprint density at radius 2 is 0.815 bits per heavy atom. The van der Waals surface area contributed by atoms with E-state index in [1.807, 2.05) is 6.07 Å². The first-order chi connectivity index (χ1) is 26.8. The van der Waals surface area contributed by atoms with Crippen LogP contribution in [-0.4, -0.2) is 0 Å². The van der Waals surface area contributed by atoms with Crippen molar-refractivity contribution in [3.8, 4) is 33.4 Å². The topological polar surface area (TPSA) is 26.3 Å². The van der Waals surface area contributed by atoms with Gasteiger partial charge < -0.3 is 8.83 Å². The Kier molecular flexibility index (Phi) is 6.09. The van der Waals surface area contributed by atoms with Gasteiger partial charge in [0.25, 0.3) is 0 Å². The van der Waals surface area contributed by atoms with Crippen LogP contribution in [0.4, 0.5) is 0 Å². The highest BCUT2D eigenvalue weighted by Crippen LogP contribution is 2.51. The maximum absolute atomic E-state index is 7.03. The van der Waals surface area contributed by atoms with Crippen LogP contribution in [0.3, 0.4) is 0 Å². The van der Waals surface area contributed by atoms with E-state index in [0.29, 0.717) is 0 Å². The predicted octanol–water partition coefficient (Wildman–Crippen LogP) is 15.1. The number of rotatable bonds is 3. The van der Waals surface area contributed by atoms with Gasteiger partial charge in [-0.3, -0.25) is 0 Å². The van der Waals surface area contributed by atoms with Crippen LogP contribution in [0.2, 0.25) is 0 Å². The summed E-state index contributed by atoms with van der Waals surface area (Å²) in [7, 11) is 0. The summed E-state index contributed by atoms with van der Waals surface area (Å²) in [4.78, 5) is 0. The Balaban J connectivity index is 1.19. The summed E-state index contributed by atoms with van der Waals surface area (Å²) in [6.07, 6.45) is 0. The van der Waals surface area contributed by atoms with Gasteiger partial charge in [-0.15, -0.1) is 0 Å². The minimum Gasteiger partial charge on any atom is -0.456 e. The second kappa shape index (κ2) is 11.2. The first-order valence-electron chi connectivity index (χ1n) is 18.5. The highest BCUT2D eigenvalue weighted by Gasteiger charge is 2.25. The molecular weight excluding hydrogens is 657 g/mol. The standard InChI is InChI=1S/C52H30O2/c1-2-12-31(13-3-1)34-22-23-36-27-37(25-24-35(36)26-34)48-38-16-6-8-18-40(38)49(41-19-9-7-17-39(41)48)51-50-42-20-10-11-21-45(42)53-47(50)30-44-43-28-32-14-4-5-15-33(32)29-46(43)54-52(44)51/h1-30H. The van der Waals surface area contributed by atoms with E-state index in [9.17, 15) is 0 Å². The zero-order valence-corrected chi connectivity index (χ0v) is 29.1. The summed E-state index contributed by atoms with van der Waals surface area (Å²) in [6.45, 7) is 0. The molecule has 2 nitrogen and oxygen atoms in total. The average molecular weight is 687 g/mol. The van der Waals surface area contributed by atoms with E-state index in [-0.39, 0.29) is 0 Å². The molecule has 0 saturated carbocycles. The molecule has 10 aromatic carbocycles. The normalized spacial score (nSPS) is 12.1. The lowest BCUT2D eigenvalue weighted by Gasteiger charge is -2.19. The molecule has 0 aliphatic carbocycles. The van der Waals surface area contributed by atoms with Crippen molar-refractivity contribution < 1.29 is 8.83 Å². The molecule has 12 aromatic rings. The first-order valence-corrected chi connectivity index (χ1v) is 18.5. The van der Waals surface area contributed by atoms with Crippen LogP contribution in [0.1, 0.15) is 0 Å². The Hall–Kier alpha value is -7.16. The van der Waals surface area contributed by atoms with Gasteiger partial charge in [0.1, 0.15) is 22.3 Å². The smallest absolute Gasteiger partial charge is 0.144 e. The maximum atomic E-state index is 7.03. The number of hydrogen-bond donors (Lipinski definition) is 0. The lowest BCUT2D eigenvalue weighted by atomic mass is 9.84. The molecule has 12 rings (SSSR count). The molecule has 0 bridgehead atoms. The summed E-state index contributed by atoms with van der Waals surface area (Å²) in [5.74, 6) is 0. The second-order valence-corrected chi connectivity index (χ2v) is 14.4. The van der Waals surface area contributed by atoms with Crippen LogP contribution in [0, 0.1) is 0 Å². The van der Waals surface area contributed by atoms with Gasteiger partial charge in [0.05, 0.1) is 0 Å². The molecule has 0 atom stereocenters. The second-order valence-electron chi connectivity index (χ2n) is 14.4. The zero-order chi connectivity index (χ0) is 35.3. The third-order valence-electron chi connectivity index (χ3n) is 11.4. The zero-order valence-electron chi connectivity index (χ0n) is 29.1. The van der Waals surface area contributed by atoms with Gasteiger partial charge in [0.2, 0.25) is 0 Å². The minimum atomic E-state index is 0.858. The molecule has 0 spiro atoms. The van der Waals surface area contributed by atoms with E-state index in [2.05, 4.69) is 176 Å².